The molecule has 2 aromatic carbocycles. The number of hydrogen-bond acceptors (Lipinski definition) is 5. The summed E-state index contributed by atoms with van der Waals surface area (Å²) in [5.74, 6) is -1.62. The van der Waals surface area contributed by atoms with Gasteiger partial charge in [0.15, 0.2) is 5.82 Å². The van der Waals surface area contributed by atoms with Crippen molar-refractivity contribution in [2.75, 3.05) is 6.61 Å². The molecule has 3 rings (SSSR count). The molecule has 0 saturated heterocycles. The lowest BCUT2D eigenvalue weighted by atomic mass is 10.1. The predicted molar refractivity (Wildman–Crippen MR) is 106 cm³/mol. The molecule has 156 valence electrons. The van der Waals surface area contributed by atoms with Crippen LogP contribution in [0.15, 0.2) is 48.5 Å². The lowest BCUT2D eigenvalue weighted by Crippen LogP contribution is -2.38. The Bertz CT molecular complexity index is 1070. The fourth-order valence-corrected chi connectivity index (χ4v) is 2.63. The molecule has 0 aliphatic rings. The molecule has 0 unspecified atom stereocenters. The van der Waals surface area contributed by atoms with Gasteiger partial charge in [-0.05, 0) is 57.2 Å². The largest absolute Gasteiger partial charge is 0.493 e. The molecular formula is C22H20F2N2O4. The summed E-state index contributed by atoms with van der Waals surface area (Å²) in [6.45, 7) is 4.85. The summed E-state index contributed by atoms with van der Waals surface area (Å²) in [7, 11) is 0. The summed E-state index contributed by atoms with van der Waals surface area (Å²) in [5, 5.41) is 9.38. The van der Waals surface area contributed by atoms with E-state index in [1.54, 1.807) is 6.92 Å². The fraction of sp³-hybridized carbons (Fsp3) is 0.227. The second kappa shape index (κ2) is 8.44. The van der Waals surface area contributed by atoms with Crippen molar-refractivity contribution in [1.29, 1.82) is 0 Å². The van der Waals surface area contributed by atoms with Crippen molar-refractivity contribution < 1.29 is 28.2 Å². The molecule has 6 nitrogen and oxygen atoms in total. The number of aliphatic carboxylic acids is 1. The van der Waals surface area contributed by atoms with Gasteiger partial charge in [0.05, 0.1) is 12.3 Å². The number of carboxylic acids is 1. The Balaban J connectivity index is 2.17. The molecular weight excluding hydrogens is 394 g/mol. The quantitative estimate of drug-likeness (QED) is 0.602. The number of rotatable bonds is 7. The van der Waals surface area contributed by atoms with Crippen LogP contribution in [-0.2, 0) is 4.79 Å². The average molecular weight is 414 g/mol. The predicted octanol–water partition coefficient (Wildman–Crippen LogP) is 4.73. The van der Waals surface area contributed by atoms with Gasteiger partial charge in [-0.3, -0.25) is 0 Å². The van der Waals surface area contributed by atoms with Crippen LogP contribution >= 0.6 is 0 Å². The molecule has 0 aliphatic carbocycles. The van der Waals surface area contributed by atoms with Crippen molar-refractivity contribution >= 4 is 5.97 Å². The van der Waals surface area contributed by atoms with Gasteiger partial charge in [0.1, 0.15) is 17.4 Å². The Morgan fingerprint density at radius 3 is 2.33 bits per heavy atom. The molecule has 0 spiro atoms. The van der Waals surface area contributed by atoms with E-state index >= 15 is 0 Å². The van der Waals surface area contributed by atoms with Gasteiger partial charge in [-0.2, -0.15) is 4.98 Å². The first kappa shape index (κ1) is 21.2. The van der Waals surface area contributed by atoms with Crippen LogP contribution in [0, 0.1) is 11.6 Å². The van der Waals surface area contributed by atoms with E-state index in [-0.39, 0.29) is 17.5 Å². The first-order valence-electron chi connectivity index (χ1n) is 9.20. The number of benzene rings is 2. The van der Waals surface area contributed by atoms with Gasteiger partial charge in [-0.15, -0.1) is 0 Å². The summed E-state index contributed by atoms with van der Waals surface area (Å²) >= 11 is 0. The van der Waals surface area contributed by atoms with Crippen LogP contribution in [0.1, 0.15) is 20.8 Å². The van der Waals surface area contributed by atoms with E-state index in [9.17, 15) is 18.7 Å². The van der Waals surface area contributed by atoms with Crippen LogP contribution in [0.3, 0.4) is 0 Å². The third-order valence-corrected chi connectivity index (χ3v) is 4.20. The minimum absolute atomic E-state index is 0.00139. The minimum Gasteiger partial charge on any atom is -0.493 e. The Kier molecular flexibility index (Phi) is 5.96. The first-order chi connectivity index (χ1) is 14.2. The van der Waals surface area contributed by atoms with Gasteiger partial charge < -0.3 is 14.6 Å². The highest BCUT2D eigenvalue weighted by molar-refractivity contribution is 5.77. The topological polar surface area (TPSA) is 81.5 Å². The van der Waals surface area contributed by atoms with Gasteiger partial charge >= 0.3 is 5.97 Å². The molecule has 30 heavy (non-hydrogen) atoms. The molecule has 0 amide bonds. The zero-order chi connectivity index (χ0) is 21.9. The Labute approximate surface area is 172 Å². The van der Waals surface area contributed by atoms with Gasteiger partial charge in [0, 0.05) is 23.3 Å². The molecule has 0 bridgehead atoms. The van der Waals surface area contributed by atoms with E-state index in [0.29, 0.717) is 23.4 Å². The highest BCUT2D eigenvalue weighted by Crippen LogP contribution is 2.33. The van der Waals surface area contributed by atoms with Gasteiger partial charge in [0.2, 0.25) is 11.5 Å². The van der Waals surface area contributed by atoms with Crippen molar-refractivity contribution in [3.05, 3.63) is 60.2 Å². The number of carbonyl (C=O) groups is 1. The van der Waals surface area contributed by atoms with E-state index in [1.807, 2.05) is 0 Å². The third-order valence-electron chi connectivity index (χ3n) is 4.20. The second-order valence-electron chi connectivity index (χ2n) is 6.91. The molecule has 8 heteroatoms. The molecule has 1 heterocycles. The lowest BCUT2D eigenvalue weighted by molar-refractivity contribution is -0.152. The van der Waals surface area contributed by atoms with Crippen LogP contribution in [0.4, 0.5) is 8.78 Å². The zero-order valence-electron chi connectivity index (χ0n) is 16.6. The number of nitrogens with zero attached hydrogens (tertiary/aromatic N) is 2. The number of halogens is 2. The van der Waals surface area contributed by atoms with Gasteiger partial charge in [0.25, 0.3) is 0 Å². The number of carboxylic acid groups (broad SMARTS) is 1. The lowest BCUT2D eigenvalue weighted by Gasteiger charge is -2.21. The monoisotopic (exact) mass is 414 g/mol. The van der Waals surface area contributed by atoms with Crippen LogP contribution in [0.5, 0.6) is 11.6 Å². The van der Waals surface area contributed by atoms with E-state index in [0.717, 1.165) is 0 Å². The highest BCUT2D eigenvalue weighted by Gasteiger charge is 2.30. The zero-order valence-corrected chi connectivity index (χ0v) is 16.6. The van der Waals surface area contributed by atoms with Crippen LogP contribution in [0.2, 0.25) is 0 Å². The average Bonchev–Trinajstić information content (AvgIpc) is 2.68. The maximum Gasteiger partial charge on any atom is 0.347 e. The maximum atomic E-state index is 13.7. The molecule has 0 radical (unpaired) electrons. The van der Waals surface area contributed by atoms with Crippen molar-refractivity contribution in [2.24, 2.45) is 0 Å². The number of aromatic nitrogens is 2. The van der Waals surface area contributed by atoms with Crippen molar-refractivity contribution in [3.63, 3.8) is 0 Å². The standard InChI is InChI=1S/C22H20F2N2O4/c1-4-29-18-11-15(24)9-10-16(18)17-12-19(30-22(2,3)21(27)28)26-20(25-17)13-5-7-14(23)8-6-13/h5-12H,4H2,1-3H3,(H,27,28). The maximum absolute atomic E-state index is 13.7. The Morgan fingerprint density at radius 2 is 1.70 bits per heavy atom. The van der Waals surface area contributed by atoms with E-state index in [4.69, 9.17) is 9.47 Å². The molecule has 1 aromatic heterocycles. The molecule has 0 saturated carbocycles. The van der Waals surface area contributed by atoms with E-state index in [1.165, 1.54) is 62.4 Å². The molecule has 0 fully saturated rings. The van der Waals surface area contributed by atoms with Gasteiger partial charge in [-0.25, -0.2) is 18.6 Å². The minimum atomic E-state index is -1.56. The van der Waals surface area contributed by atoms with Crippen molar-refractivity contribution in [2.45, 2.75) is 26.4 Å². The van der Waals surface area contributed by atoms with Crippen LogP contribution < -0.4 is 9.47 Å². The fourth-order valence-electron chi connectivity index (χ4n) is 2.63. The summed E-state index contributed by atoms with van der Waals surface area (Å²) in [5.41, 5.74) is -0.251. The Morgan fingerprint density at radius 1 is 1.03 bits per heavy atom. The summed E-state index contributed by atoms with van der Waals surface area (Å²) < 4.78 is 38.2. The molecule has 1 N–H and O–H groups in total. The van der Waals surface area contributed by atoms with Gasteiger partial charge in [-0.1, -0.05) is 0 Å². The Hall–Kier alpha value is -3.55. The number of ether oxygens (including phenoxy) is 2. The smallest absolute Gasteiger partial charge is 0.347 e. The summed E-state index contributed by atoms with van der Waals surface area (Å²) in [6.07, 6.45) is 0. The van der Waals surface area contributed by atoms with Crippen LogP contribution in [0.25, 0.3) is 22.6 Å². The van der Waals surface area contributed by atoms with E-state index in [2.05, 4.69) is 9.97 Å². The third kappa shape index (κ3) is 4.71. The highest BCUT2D eigenvalue weighted by atomic mass is 19.1. The van der Waals surface area contributed by atoms with Crippen molar-refractivity contribution in [1.82, 2.24) is 9.97 Å². The number of hydrogen-bond donors (Lipinski definition) is 1. The van der Waals surface area contributed by atoms with Crippen LogP contribution in [-0.4, -0.2) is 33.3 Å². The SMILES string of the molecule is CCOc1cc(F)ccc1-c1cc(OC(C)(C)C(=O)O)nc(-c2ccc(F)cc2)n1. The summed E-state index contributed by atoms with van der Waals surface area (Å²) in [4.78, 5) is 20.3. The molecule has 0 atom stereocenters. The van der Waals surface area contributed by atoms with Crippen molar-refractivity contribution in [3.8, 4) is 34.3 Å². The van der Waals surface area contributed by atoms with E-state index < -0.39 is 23.2 Å². The first-order valence-corrected chi connectivity index (χ1v) is 9.20. The molecule has 3 aromatic rings. The summed E-state index contributed by atoms with van der Waals surface area (Å²) in [6, 6.07) is 11.0. The second-order valence-corrected chi connectivity index (χ2v) is 6.91. The normalized spacial score (nSPS) is 11.2. The molecule has 0 aliphatic heterocycles.